The molecule has 0 saturated carbocycles. The van der Waals surface area contributed by atoms with Gasteiger partial charge < -0.3 is 20.4 Å². The maximum atomic E-state index is 13.0. The van der Waals surface area contributed by atoms with Crippen molar-refractivity contribution in [3.05, 3.63) is 0 Å². The van der Waals surface area contributed by atoms with Gasteiger partial charge in [0.05, 0.1) is 12.0 Å². The molecule has 0 radical (unpaired) electrons. The Labute approximate surface area is 180 Å². The molecule has 3 heterocycles. The molecule has 0 aromatic rings. The van der Waals surface area contributed by atoms with Crippen LogP contribution in [-0.2, 0) is 14.4 Å². The van der Waals surface area contributed by atoms with Crippen LogP contribution in [0.15, 0.2) is 0 Å². The molecule has 166 valence electrons. The van der Waals surface area contributed by atoms with Crippen molar-refractivity contribution in [3.63, 3.8) is 0 Å². The monoisotopic (exact) mass is 428 g/mol. The number of nitrogens with zero attached hydrogens (tertiary/aromatic N) is 2. The average Bonchev–Trinajstić information content (AvgIpc) is 3.37. The Hall–Kier alpha value is -1.34. The van der Waals surface area contributed by atoms with E-state index < -0.39 is 0 Å². The van der Waals surface area contributed by atoms with Crippen molar-refractivity contribution in [3.8, 4) is 0 Å². The highest BCUT2D eigenvalue weighted by Crippen LogP contribution is 2.26. The van der Waals surface area contributed by atoms with Crippen LogP contribution in [0.5, 0.6) is 0 Å². The summed E-state index contributed by atoms with van der Waals surface area (Å²) in [5.41, 5.74) is 0. The minimum absolute atomic E-state index is 0. The first-order valence-corrected chi connectivity index (χ1v) is 11.1. The van der Waals surface area contributed by atoms with E-state index in [9.17, 15) is 14.4 Å². The summed E-state index contributed by atoms with van der Waals surface area (Å²) in [4.78, 5) is 41.5. The highest BCUT2D eigenvalue weighted by molar-refractivity contribution is 5.89. The number of piperidine rings is 1. The molecule has 3 unspecified atom stereocenters. The Balaban J connectivity index is 0.00000300. The van der Waals surface area contributed by atoms with Crippen molar-refractivity contribution in [2.75, 3.05) is 32.7 Å². The third-order valence-electron chi connectivity index (χ3n) is 6.66. The maximum Gasteiger partial charge on any atom is 0.237 e. The Morgan fingerprint density at radius 1 is 1.17 bits per heavy atom. The van der Waals surface area contributed by atoms with Crippen LogP contribution in [0.4, 0.5) is 0 Å². The summed E-state index contributed by atoms with van der Waals surface area (Å²) >= 11 is 0. The first-order valence-electron chi connectivity index (χ1n) is 11.1. The van der Waals surface area contributed by atoms with E-state index in [2.05, 4.69) is 24.5 Å². The second-order valence-electron chi connectivity index (χ2n) is 8.60. The van der Waals surface area contributed by atoms with Crippen LogP contribution < -0.4 is 10.6 Å². The van der Waals surface area contributed by atoms with Gasteiger partial charge in [-0.05, 0) is 51.0 Å². The lowest BCUT2D eigenvalue weighted by Gasteiger charge is -2.34. The molecule has 3 rings (SSSR count). The second-order valence-corrected chi connectivity index (χ2v) is 8.60. The molecule has 8 heteroatoms. The molecule has 3 amide bonds. The number of halogens is 1. The molecule has 3 atom stereocenters. The van der Waals surface area contributed by atoms with Gasteiger partial charge in [-0.2, -0.15) is 0 Å². The van der Waals surface area contributed by atoms with Crippen LogP contribution in [0.1, 0.15) is 58.8 Å². The molecule has 3 saturated heterocycles. The van der Waals surface area contributed by atoms with E-state index in [0.29, 0.717) is 32.0 Å². The molecule has 0 aromatic carbocycles. The van der Waals surface area contributed by atoms with Crippen LogP contribution in [0.25, 0.3) is 0 Å². The molecule has 29 heavy (non-hydrogen) atoms. The van der Waals surface area contributed by atoms with Gasteiger partial charge in [0.1, 0.15) is 0 Å². The summed E-state index contributed by atoms with van der Waals surface area (Å²) in [5.74, 6) is 0.426. The third-order valence-corrected chi connectivity index (χ3v) is 6.66. The predicted molar refractivity (Wildman–Crippen MR) is 115 cm³/mol. The average molecular weight is 429 g/mol. The van der Waals surface area contributed by atoms with Gasteiger partial charge in [0.25, 0.3) is 0 Å². The fraction of sp³-hybridized carbons (Fsp3) is 0.857. The van der Waals surface area contributed by atoms with Gasteiger partial charge in [0.2, 0.25) is 17.7 Å². The Bertz CT molecular complexity index is 578. The van der Waals surface area contributed by atoms with E-state index in [1.807, 2.05) is 9.80 Å². The summed E-state index contributed by atoms with van der Waals surface area (Å²) < 4.78 is 0. The number of amides is 3. The lowest BCUT2D eigenvalue weighted by atomic mass is 9.96. The third kappa shape index (κ3) is 5.85. The van der Waals surface area contributed by atoms with Crippen molar-refractivity contribution < 1.29 is 14.4 Å². The topological polar surface area (TPSA) is 81.8 Å². The minimum Gasteiger partial charge on any atom is -0.354 e. The van der Waals surface area contributed by atoms with Crippen LogP contribution in [0.3, 0.4) is 0 Å². The number of carbonyl (C=O) groups is 3. The second kappa shape index (κ2) is 11.2. The van der Waals surface area contributed by atoms with Crippen LogP contribution in [0, 0.1) is 11.8 Å². The fourth-order valence-corrected chi connectivity index (χ4v) is 4.95. The summed E-state index contributed by atoms with van der Waals surface area (Å²) in [5, 5.41) is 6.29. The van der Waals surface area contributed by atoms with Crippen molar-refractivity contribution in [2.24, 2.45) is 11.8 Å². The molecule has 3 fully saturated rings. The van der Waals surface area contributed by atoms with Gasteiger partial charge >= 0.3 is 0 Å². The van der Waals surface area contributed by atoms with Crippen LogP contribution in [0.2, 0.25) is 0 Å². The lowest BCUT2D eigenvalue weighted by Crippen LogP contribution is -2.48. The summed E-state index contributed by atoms with van der Waals surface area (Å²) in [7, 11) is 0. The first-order chi connectivity index (χ1) is 13.5. The molecule has 7 nitrogen and oxygen atoms in total. The van der Waals surface area contributed by atoms with Gasteiger partial charge in [0.15, 0.2) is 0 Å². The van der Waals surface area contributed by atoms with Gasteiger partial charge in [-0.25, -0.2) is 0 Å². The molecule has 2 N–H and O–H groups in total. The summed E-state index contributed by atoms with van der Waals surface area (Å²) in [6, 6.07) is 0.195. The van der Waals surface area contributed by atoms with Crippen molar-refractivity contribution in [1.82, 2.24) is 20.4 Å². The SMILES string of the molecule is CCC(CC)N1CC(C(=O)N2CCCC(CNC(=O)C3CCCN3)C2)CC1=O.Cl. The molecule has 0 spiro atoms. The Kier molecular flexibility index (Phi) is 9.21. The van der Waals surface area contributed by atoms with Crippen molar-refractivity contribution >= 4 is 30.1 Å². The molecular weight excluding hydrogens is 392 g/mol. The Morgan fingerprint density at radius 3 is 2.59 bits per heavy atom. The molecular formula is C21H37ClN4O3. The maximum absolute atomic E-state index is 13.0. The van der Waals surface area contributed by atoms with Crippen LogP contribution in [-0.4, -0.2) is 72.3 Å². The zero-order valence-corrected chi connectivity index (χ0v) is 18.6. The van der Waals surface area contributed by atoms with E-state index in [1.165, 1.54) is 0 Å². The molecule has 3 aliphatic heterocycles. The number of rotatable bonds is 7. The Morgan fingerprint density at radius 2 is 1.93 bits per heavy atom. The van der Waals surface area contributed by atoms with Gasteiger partial charge in [-0.3, -0.25) is 14.4 Å². The lowest BCUT2D eigenvalue weighted by molar-refractivity contribution is -0.137. The van der Waals surface area contributed by atoms with E-state index in [1.54, 1.807) is 0 Å². The summed E-state index contributed by atoms with van der Waals surface area (Å²) in [6.07, 6.45) is 6.17. The van der Waals surface area contributed by atoms with Gasteiger partial charge in [0, 0.05) is 38.6 Å². The fourth-order valence-electron chi connectivity index (χ4n) is 4.95. The largest absolute Gasteiger partial charge is 0.354 e. The van der Waals surface area contributed by atoms with Gasteiger partial charge in [-0.15, -0.1) is 12.4 Å². The number of carbonyl (C=O) groups excluding carboxylic acids is 3. The number of hydrogen-bond donors (Lipinski definition) is 2. The van der Waals surface area contributed by atoms with E-state index in [4.69, 9.17) is 0 Å². The highest BCUT2D eigenvalue weighted by Gasteiger charge is 2.39. The number of likely N-dealkylation sites (tertiary alicyclic amines) is 2. The van der Waals surface area contributed by atoms with Gasteiger partial charge in [-0.1, -0.05) is 13.8 Å². The minimum atomic E-state index is -0.205. The van der Waals surface area contributed by atoms with E-state index in [0.717, 1.165) is 51.6 Å². The molecule has 0 aromatic heterocycles. The standard InChI is InChI=1S/C21H36N4O3.ClH/c1-3-17(4-2)25-14-16(11-19(25)26)21(28)24-10-6-7-15(13-24)12-23-20(27)18-8-5-9-22-18;/h15-18,22H,3-14H2,1-2H3,(H,23,27);1H. The zero-order valence-electron chi connectivity index (χ0n) is 17.8. The van der Waals surface area contributed by atoms with Crippen LogP contribution >= 0.6 is 12.4 Å². The van der Waals surface area contributed by atoms with E-state index >= 15 is 0 Å². The van der Waals surface area contributed by atoms with Crippen molar-refractivity contribution in [2.45, 2.75) is 70.9 Å². The van der Waals surface area contributed by atoms with Crippen molar-refractivity contribution in [1.29, 1.82) is 0 Å². The number of nitrogens with one attached hydrogen (secondary N) is 2. The molecule has 0 bridgehead atoms. The molecule has 0 aliphatic carbocycles. The molecule has 3 aliphatic rings. The normalized spacial score (nSPS) is 27.3. The summed E-state index contributed by atoms with van der Waals surface area (Å²) in [6.45, 7) is 7.76. The van der Waals surface area contributed by atoms with E-state index in [-0.39, 0.29) is 48.1 Å². The quantitative estimate of drug-likeness (QED) is 0.644. The number of hydrogen-bond acceptors (Lipinski definition) is 4. The first kappa shape index (κ1) is 23.9. The zero-order chi connectivity index (χ0) is 20.1. The predicted octanol–water partition coefficient (Wildman–Crippen LogP) is 1.55. The smallest absolute Gasteiger partial charge is 0.237 e. The highest BCUT2D eigenvalue weighted by atomic mass is 35.5.